The molecule has 26 heavy (non-hydrogen) atoms. The van der Waals surface area contributed by atoms with Crippen molar-refractivity contribution in [1.82, 2.24) is 4.90 Å². The molecule has 140 valence electrons. The number of rotatable bonds is 5. The number of Topliss-reactive ketones (excluding diaryl/α,β-unsaturated/α-hetero) is 1. The van der Waals surface area contributed by atoms with E-state index in [0.29, 0.717) is 5.78 Å². The number of carbonyl (C=O) groups is 1. The number of allylic oxidation sites excluding steroid dienone is 3. The van der Waals surface area contributed by atoms with Crippen molar-refractivity contribution in [3.63, 3.8) is 0 Å². The number of piperidine rings is 1. The van der Waals surface area contributed by atoms with Gasteiger partial charge in [0.05, 0.1) is 12.6 Å². The lowest BCUT2D eigenvalue weighted by Gasteiger charge is -2.48. The number of fused-ring (bicyclic) bond motifs is 1. The second kappa shape index (κ2) is 8.22. The molecule has 1 unspecified atom stereocenters. The number of methoxy groups -OCH3 is 1. The molecule has 3 nitrogen and oxygen atoms in total. The van der Waals surface area contributed by atoms with Crippen LogP contribution in [0.5, 0.6) is 5.75 Å². The molecule has 1 spiro atoms. The minimum Gasteiger partial charge on any atom is -0.497 e. The fourth-order valence-electron chi connectivity index (χ4n) is 4.44. The predicted molar refractivity (Wildman–Crippen MR) is 107 cm³/mol. The van der Waals surface area contributed by atoms with Crippen LogP contribution in [0.4, 0.5) is 0 Å². The van der Waals surface area contributed by atoms with Crippen molar-refractivity contribution < 1.29 is 9.53 Å². The van der Waals surface area contributed by atoms with E-state index in [1.54, 1.807) is 7.11 Å². The number of aryl methyl sites for hydroxylation is 1. The molecule has 0 radical (unpaired) electrons. The predicted octanol–water partition coefficient (Wildman–Crippen LogP) is 4.96. The minimum atomic E-state index is -0.291. The highest BCUT2D eigenvalue weighted by atomic mass is 16.5. The standard InChI is InChI=1S/C23H31NO2/c1-4-5-8-18(2)12-16-24-15-7-6-13-23(24)14-11-19-17-20(26-3)9-10-21(19)22(23)25/h4-5,8-10,17H,6-7,11-16H2,1-3H3/b5-4-,18-8+. The van der Waals surface area contributed by atoms with Gasteiger partial charge in [0.25, 0.3) is 0 Å². The van der Waals surface area contributed by atoms with E-state index >= 15 is 0 Å². The van der Waals surface area contributed by atoms with E-state index < -0.39 is 0 Å². The van der Waals surface area contributed by atoms with Crippen molar-refractivity contribution in [3.05, 3.63) is 53.1 Å². The van der Waals surface area contributed by atoms with Gasteiger partial charge in [0.1, 0.15) is 5.75 Å². The molecule has 1 aliphatic heterocycles. The van der Waals surface area contributed by atoms with Crippen LogP contribution >= 0.6 is 0 Å². The second-order valence-electron chi connectivity index (χ2n) is 7.62. The summed E-state index contributed by atoms with van der Waals surface area (Å²) in [7, 11) is 1.68. The molecule has 3 rings (SSSR count). The molecule has 2 aliphatic rings. The lowest BCUT2D eigenvalue weighted by atomic mass is 9.71. The largest absolute Gasteiger partial charge is 0.497 e. The number of hydrogen-bond donors (Lipinski definition) is 0. The summed E-state index contributed by atoms with van der Waals surface area (Å²) in [5, 5.41) is 0. The van der Waals surface area contributed by atoms with Crippen LogP contribution in [-0.4, -0.2) is 36.4 Å². The topological polar surface area (TPSA) is 29.5 Å². The van der Waals surface area contributed by atoms with Gasteiger partial charge in [-0.1, -0.05) is 23.8 Å². The lowest BCUT2D eigenvalue weighted by molar-refractivity contribution is 0.0298. The summed E-state index contributed by atoms with van der Waals surface area (Å²) < 4.78 is 5.34. The van der Waals surface area contributed by atoms with Crippen LogP contribution in [-0.2, 0) is 6.42 Å². The Hall–Kier alpha value is -1.87. The van der Waals surface area contributed by atoms with Gasteiger partial charge in [-0.15, -0.1) is 0 Å². The zero-order valence-corrected chi connectivity index (χ0v) is 16.4. The maximum absolute atomic E-state index is 13.5. The van der Waals surface area contributed by atoms with Gasteiger partial charge in [-0.05, 0) is 82.7 Å². The number of ketones is 1. The Morgan fingerprint density at radius 2 is 2.15 bits per heavy atom. The Morgan fingerprint density at radius 1 is 1.31 bits per heavy atom. The summed E-state index contributed by atoms with van der Waals surface area (Å²) in [5.74, 6) is 1.17. The molecule has 0 bridgehead atoms. The smallest absolute Gasteiger partial charge is 0.183 e. The van der Waals surface area contributed by atoms with Gasteiger partial charge in [0.2, 0.25) is 0 Å². The summed E-state index contributed by atoms with van der Waals surface area (Å²) in [5.41, 5.74) is 3.14. The minimum absolute atomic E-state index is 0.291. The molecule has 1 aromatic carbocycles. The zero-order chi connectivity index (χ0) is 18.6. The summed E-state index contributed by atoms with van der Waals surface area (Å²) in [6.45, 7) is 6.22. The third-order valence-corrected chi connectivity index (χ3v) is 6.01. The first-order chi connectivity index (χ1) is 12.6. The van der Waals surface area contributed by atoms with Gasteiger partial charge in [-0.25, -0.2) is 0 Å². The van der Waals surface area contributed by atoms with E-state index in [1.807, 2.05) is 25.1 Å². The Morgan fingerprint density at radius 3 is 2.92 bits per heavy atom. The number of likely N-dealkylation sites (tertiary alicyclic amines) is 1. The fourth-order valence-corrected chi connectivity index (χ4v) is 4.44. The highest BCUT2D eigenvalue weighted by Crippen LogP contribution is 2.40. The normalized spacial score (nSPS) is 24.3. The fraction of sp³-hybridized carbons (Fsp3) is 0.522. The molecule has 0 amide bonds. The maximum atomic E-state index is 13.5. The number of carbonyl (C=O) groups excluding carboxylic acids is 1. The molecule has 1 aromatic rings. The van der Waals surface area contributed by atoms with Crippen LogP contribution in [0.3, 0.4) is 0 Å². The van der Waals surface area contributed by atoms with Crippen molar-refractivity contribution >= 4 is 5.78 Å². The highest BCUT2D eigenvalue weighted by molar-refractivity contribution is 6.05. The Bertz CT molecular complexity index is 719. The van der Waals surface area contributed by atoms with Crippen LogP contribution in [0.15, 0.2) is 42.0 Å². The molecule has 0 saturated carbocycles. The van der Waals surface area contributed by atoms with E-state index in [-0.39, 0.29) is 5.54 Å². The first-order valence-electron chi connectivity index (χ1n) is 9.86. The van der Waals surface area contributed by atoms with E-state index in [2.05, 4.69) is 30.1 Å². The van der Waals surface area contributed by atoms with Gasteiger partial charge >= 0.3 is 0 Å². The second-order valence-corrected chi connectivity index (χ2v) is 7.62. The Kier molecular flexibility index (Phi) is 5.98. The first-order valence-corrected chi connectivity index (χ1v) is 9.86. The third-order valence-electron chi connectivity index (χ3n) is 6.01. The Balaban J connectivity index is 1.82. The lowest BCUT2D eigenvalue weighted by Crippen LogP contribution is -2.59. The van der Waals surface area contributed by atoms with Crippen LogP contribution in [0.25, 0.3) is 0 Å². The van der Waals surface area contributed by atoms with Gasteiger partial charge in [0, 0.05) is 12.1 Å². The zero-order valence-electron chi connectivity index (χ0n) is 16.4. The number of hydrogen-bond acceptors (Lipinski definition) is 3. The van der Waals surface area contributed by atoms with Crippen LogP contribution in [0.1, 0.15) is 61.9 Å². The number of nitrogens with zero attached hydrogens (tertiary/aromatic N) is 1. The van der Waals surface area contributed by atoms with Gasteiger partial charge < -0.3 is 4.74 Å². The van der Waals surface area contributed by atoms with E-state index in [1.165, 1.54) is 12.0 Å². The monoisotopic (exact) mass is 353 g/mol. The quantitative estimate of drug-likeness (QED) is 0.701. The molecular weight excluding hydrogens is 322 g/mol. The van der Waals surface area contributed by atoms with Crippen molar-refractivity contribution in [2.24, 2.45) is 0 Å². The number of benzene rings is 1. The van der Waals surface area contributed by atoms with E-state index in [0.717, 1.165) is 62.1 Å². The molecule has 1 heterocycles. The van der Waals surface area contributed by atoms with Crippen molar-refractivity contribution in [3.8, 4) is 5.75 Å². The third kappa shape index (κ3) is 3.64. The number of ether oxygens (including phenoxy) is 1. The highest BCUT2D eigenvalue weighted by Gasteiger charge is 2.47. The molecule has 1 atom stereocenters. The van der Waals surface area contributed by atoms with Crippen molar-refractivity contribution in [2.75, 3.05) is 20.2 Å². The molecule has 3 heteroatoms. The molecule has 1 fully saturated rings. The molecule has 1 saturated heterocycles. The SMILES string of the molecule is C/C=C\C=C(/C)CCN1CCCCC12CCc1cc(OC)ccc1C2=O. The first kappa shape index (κ1) is 18.9. The summed E-state index contributed by atoms with van der Waals surface area (Å²) in [6, 6.07) is 5.94. The van der Waals surface area contributed by atoms with Crippen molar-refractivity contribution in [2.45, 2.75) is 57.9 Å². The average molecular weight is 354 g/mol. The van der Waals surface area contributed by atoms with Crippen LogP contribution < -0.4 is 4.74 Å². The molecule has 0 aromatic heterocycles. The van der Waals surface area contributed by atoms with Crippen molar-refractivity contribution in [1.29, 1.82) is 0 Å². The van der Waals surface area contributed by atoms with Gasteiger partial charge in [-0.3, -0.25) is 9.69 Å². The van der Waals surface area contributed by atoms with E-state index in [4.69, 9.17) is 4.74 Å². The Labute approximate surface area is 157 Å². The van der Waals surface area contributed by atoms with Gasteiger partial charge in [-0.2, -0.15) is 0 Å². The summed E-state index contributed by atoms with van der Waals surface area (Å²) in [6.07, 6.45) is 12.6. The molecule has 1 aliphatic carbocycles. The maximum Gasteiger partial charge on any atom is 0.183 e. The van der Waals surface area contributed by atoms with Gasteiger partial charge in [0.15, 0.2) is 5.78 Å². The molecule has 0 N–H and O–H groups in total. The molecular formula is C23H31NO2. The summed E-state index contributed by atoms with van der Waals surface area (Å²) >= 11 is 0. The van der Waals surface area contributed by atoms with Crippen LogP contribution in [0.2, 0.25) is 0 Å². The summed E-state index contributed by atoms with van der Waals surface area (Å²) in [4.78, 5) is 16.0. The van der Waals surface area contributed by atoms with E-state index in [9.17, 15) is 4.79 Å². The average Bonchev–Trinajstić information content (AvgIpc) is 2.68. The van der Waals surface area contributed by atoms with Crippen LogP contribution in [0, 0.1) is 0 Å².